The standard InChI is InChI=1S/C14H16Br2N2O/c1-3-7-18-13(12(16)8-17-18)14(19)10-5-4-6-11(15)9(10)2/h4-6,8,14,19H,3,7H2,1-2H3. The Hall–Kier alpha value is -0.650. The van der Waals surface area contributed by atoms with Crippen molar-refractivity contribution < 1.29 is 5.11 Å². The second-order valence-electron chi connectivity index (χ2n) is 4.46. The van der Waals surface area contributed by atoms with Crippen molar-refractivity contribution in [2.75, 3.05) is 0 Å². The van der Waals surface area contributed by atoms with E-state index >= 15 is 0 Å². The summed E-state index contributed by atoms with van der Waals surface area (Å²) in [6.07, 6.45) is 2.04. The molecular formula is C14H16Br2N2O. The molecule has 0 spiro atoms. The van der Waals surface area contributed by atoms with Crippen LogP contribution in [0.15, 0.2) is 33.3 Å². The van der Waals surface area contributed by atoms with E-state index in [2.05, 4.69) is 43.9 Å². The maximum absolute atomic E-state index is 10.7. The Bertz CT molecular complexity index is 581. The molecule has 0 aliphatic carbocycles. The average Bonchev–Trinajstić information content (AvgIpc) is 2.74. The van der Waals surface area contributed by atoms with Gasteiger partial charge in [0.15, 0.2) is 0 Å². The van der Waals surface area contributed by atoms with Gasteiger partial charge < -0.3 is 5.11 Å². The van der Waals surface area contributed by atoms with Gasteiger partial charge in [-0.15, -0.1) is 0 Å². The molecule has 2 rings (SSSR count). The molecule has 19 heavy (non-hydrogen) atoms. The van der Waals surface area contributed by atoms with E-state index in [9.17, 15) is 5.11 Å². The molecule has 5 heteroatoms. The number of aliphatic hydroxyl groups excluding tert-OH is 1. The zero-order valence-corrected chi connectivity index (χ0v) is 14.1. The van der Waals surface area contributed by atoms with E-state index < -0.39 is 6.10 Å². The smallest absolute Gasteiger partial charge is 0.122 e. The lowest BCUT2D eigenvalue weighted by Crippen LogP contribution is -2.11. The number of aromatic nitrogens is 2. The van der Waals surface area contributed by atoms with E-state index in [0.29, 0.717) is 0 Å². The number of nitrogens with zero attached hydrogens (tertiary/aromatic N) is 2. The molecule has 102 valence electrons. The fraction of sp³-hybridized carbons (Fsp3) is 0.357. The largest absolute Gasteiger partial charge is 0.382 e. The van der Waals surface area contributed by atoms with Crippen LogP contribution in [0, 0.1) is 6.92 Å². The molecule has 0 saturated heterocycles. The summed E-state index contributed by atoms with van der Waals surface area (Å²) < 4.78 is 3.70. The third-order valence-corrected chi connectivity index (χ3v) is 4.60. The molecule has 3 nitrogen and oxygen atoms in total. The van der Waals surface area contributed by atoms with Gasteiger partial charge in [0.2, 0.25) is 0 Å². The predicted molar refractivity (Wildman–Crippen MR) is 83.2 cm³/mol. The lowest BCUT2D eigenvalue weighted by atomic mass is 10.0. The number of aliphatic hydroxyl groups is 1. The summed E-state index contributed by atoms with van der Waals surface area (Å²) in [5, 5.41) is 15.0. The van der Waals surface area contributed by atoms with E-state index in [-0.39, 0.29) is 0 Å². The summed E-state index contributed by atoms with van der Waals surface area (Å²) >= 11 is 6.97. The van der Waals surface area contributed by atoms with Gasteiger partial charge in [0, 0.05) is 11.0 Å². The van der Waals surface area contributed by atoms with E-state index in [1.807, 2.05) is 29.8 Å². The molecule has 1 N–H and O–H groups in total. The summed E-state index contributed by atoms with van der Waals surface area (Å²) in [5.41, 5.74) is 2.75. The van der Waals surface area contributed by atoms with Gasteiger partial charge in [0.25, 0.3) is 0 Å². The van der Waals surface area contributed by atoms with Gasteiger partial charge in [-0.05, 0) is 46.5 Å². The van der Waals surface area contributed by atoms with Crippen molar-refractivity contribution >= 4 is 31.9 Å². The molecule has 2 aromatic rings. The third kappa shape index (κ3) is 2.93. The monoisotopic (exact) mass is 386 g/mol. The highest BCUT2D eigenvalue weighted by atomic mass is 79.9. The van der Waals surface area contributed by atoms with Gasteiger partial charge in [-0.1, -0.05) is 35.0 Å². The Balaban J connectivity index is 2.46. The molecule has 0 saturated carbocycles. The maximum Gasteiger partial charge on any atom is 0.122 e. The Morgan fingerprint density at radius 1 is 1.32 bits per heavy atom. The second-order valence-corrected chi connectivity index (χ2v) is 6.17. The summed E-state index contributed by atoms with van der Waals surface area (Å²) in [4.78, 5) is 0. The van der Waals surface area contributed by atoms with Crippen molar-refractivity contribution in [2.24, 2.45) is 0 Å². The SMILES string of the molecule is CCCn1ncc(Br)c1C(O)c1cccc(Br)c1C. The predicted octanol–water partition coefficient (Wildman–Crippen LogP) is 4.21. The van der Waals surface area contributed by atoms with E-state index in [1.165, 1.54) is 0 Å². The minimum absolute atomic E-state index is 0.680. The molecule has 0 bridgehead atoms. The zero-order chi connectivity index (χ0) is 14.0. The first-order valence-electron chi connectivity index (χ1n) is 6.20. The minimum Gasteiger partial charge on any atom is -0.382 e. The number of halogens is 2. The lowest BCUT2D eigenvalue weighted by Gasteiger charge is -2.17. The minimum atomic E-state index is -0.680. The van der Waals surface area contributed by atoms with Crippen LogP contribution in [0.5, 0.6) is 0 Å². The molecule has 0 radical (unpaired) electrons. The molecule has 0 fully saturated rings. The number of aryl methyl sites for hydroxylation is 1. The maximum atomic E-state index is 10.7. The number of hydrogen-bond donors (Lipinski definition) is 1. The van der Waals surface area contributed by atoms with Crippen LogP contribution < -0.4 is 0 Å². The highest BCUT2D eigenvalue weighted by Gasteiger charge is 2.21. The third-order valence-electron chi connectivity index (χ3n) is 3.13. The van der Waals surface area contributed by atoms with Crippen LogP contribution in [-0.4, -0.2) is 14.9 Å². The van der Waals surface area contributed by atoms with Crippen LogP contribution in [0.4, 0.5) is 0 Å². The Kier molecular flexibility index (Phi) is 4.81. The van der Waals surface area contributed by atoms with Gasteiger partial charge in [-0.25, -0.2) is 0 Å². The summed E-state index contributed by atoms with van der Waals surface area (Å²) in [6, 6.07) is 5.86. The first kappa shape index (κ1) is 14.8. The van der Waals surface area contributed by atoms with Crippen molar-refractivity contribution in [1.29, 1.82) is 0 Å². The molecule has 1 unspecified atom stereocenters. The molecule has 1 aromatic carbocycles. The average molecular weight is 388 g/mol. The van der Waals surface area contributed by atoms with E-state index in [1.54, 1.807) is 6.20 Å². The van der Waals surface area contributed by atoms with Crippen molar-refractivity contribution in [3.05, 3.63) is 50.2 Å². The van der Waals surface area contributed by atoms with Crippen LogP contribution in [-0.2, 0) is 6.54 Å². The normalized spacial score (nSPS) is 12.7. The van der Waals surface area contributed by atoms with Crippen LogP contribution in [0.1, 0.15) is 36.3 Å². The quantitative estimate of drug-likeness (QED) is 0.853. The number of benzene rings is 1. The van der Waals surface area contributed by atoms with E-state index in [0.717, 1.165) is 38.7 Å². The Labute approximate surface area is 129 Å². The van der Waals surface area contributed by atoms with Crippen molar-refractivity contribution in [2.45, 2.75) is 32.9 Å². The number of rotatable bonds is 4. The fourth-order valence-electron chi connectivity index (χ4n) is 2.10. The van der Waals surface area contributed by atoms with Gasteiger partial charge in [0.05, 0.1) is 16.4 Å². The first-order valence-corrected chi connectivity index (χ1v) is 7.79. The zero-order valence-electron chi connectivity index (χ0n) is 10.9. The van der Waals surface area contributed by atoms with Gasteiger partial charge in [-0.3, -0.25) is 4.68 Å². The van der Waals surface area contributed by atoms with Crippen LogP contribution >= 0.6 is 31.9 Å². The molecule has 0 amide bonds. The second kappa shape index (κ2) is 6.20. The van der Waals surface area contributed by atoms with Crippen LogP contribution in [0.25, 0.3) is 0 Å². The van der Waals surface area contributed by atoms with Crippen molar-refractivity contribution in [3.63, 3.8) is 0 Å². The highest BCUT2D eigenvalue weighted by Crippen LogP contribution is 2.32. The van der Waals surface area contributed by atoms with Crippen molar-refractivity contribution in [3.8, 4) is 0 Å². The molecule has 0 aliphatic rings. The first-order chi connectivity index (χ1) is 9.06. The van der Waals surface area contributed by atoms with Crippen LogP contribution in [0.3, 0.4) is 0 Å². The summed E-state index contributed by atoms with van der Waals surface area (Å²) in [5.74, 6) is 0. The lowest BCUT2D eigenvalue weighted by molar-refractivity contribution is 0.205. The molecule has 0 aliphatic heterocycles. The van der Waals surface area contributed by atoms with Gasteiger partial charge in [0.1, 0.15) is 6.10 Å². The Morgan fingerprint density at radius 2 is 2.05 bits per heavy atom. The molecule has 1 heterocycles. The fourth-order valence-corrected chi connectivity index (χ4v) is 3.00. The number of hydrogen-bond acceptors (Lipinski definition) is 2. The highest BCUT2D eigenvalue weighted by molar-refractivity contribution is 9.10. The molecular weight excluding hydrogens is 372 g/mol. The van der Waals surface area contributed by atoms with Gasteiger partial charge in [-0.2, -0.15) is 5.10 Å². The van der Waals surface area contributed by atoms with E-state index in [4.69, 9.17) is 0 Å². The topological polar surface area (TPSA) is 38.0 Å². The molecule has 1 aromatic heterocycles. The molecule has 1 atom stereocenters. The van der Waals surface area contributed by atoms with Crippen molar-refractivity contribution in [1.82, 2.24) is 9.78 Å². The summed E-state index contributed by atoms with van der Waals surface area (Å²) in [7, 11) is 0. The Morgan fingerprint density at radius 3 is 2.74 bits per heavy atom. The summed E-state index contributed by atoms with van der Waals surface area (Å²) in [6.45, 7) is 4.89. The van der Waals surface area contributed by atoms with Gasteiger partial charge >= 0.3 is 0 Å². The van der Waals surface area contributed by atoms with Crippen LogP contribution in [0.2, 0.25) is 0 Å².